The molecule has 0 saturated carbocycles. The van der Waals surface area contributed by atoms with Crippen LogP contribution in [-0.4, -0.2) is 80.0 Å². The summed E-state index contributed by atoms with van der Waals surface area (Å²) in [6, 6.07) is 10.4. The van der Waals surface area contributed by atoms with E-state index in [-0.39, 0.29) is 18.7 Å². The standard InChI is InChI=1S/C30H41N5O3/c1-7-27-26(28-31-21(2)17-22(3)35(28)32-27)18-24-12-10-23(11-13-24)9-8-14-33-15-16-34(25(19-33)20-36)29(37)38-30(4,5)6/h8-13,17,25,36H,7,14-16,18-20H2,1-6H3/b9-8+. The number of benzene rings is 1. The summed E-state index contributed by atoms with van der Waals surface area (Å²) in [7, 11) is 0. The Kier molecular flexibility index (Phi) is 8.53. The highest BCUT2D eigenvalue weighted by Gasteiger charge is 2.32. The number of aliphatic hydroxyl groups excluding tert-OH is 1. The van der Waals surface area contributed by atoms with Crippen LogP contribution in [0.2, 0.25) is 0 Å². The molecule has 0 radical (unpaired) electrons. The van der Waals surface area contributed by atoms with Gasteiger partial charge in [-0.05, 0) is 58.2 Å². The third kappa shape index (κ3) is 6.60. The van der Waals surface area contributed by atoms with Gasteiger partial charge in [0.25, 0.3) is 0 Å². The minimum absolute atomic E-state index is 0.0813. The van der Waals surface area contributed by atoms with Gasteiger partial charge in [0, 0.05) is 49.6 Å². The molecule has 1 saturated heterocycles. The number of aromatic nitrogens is 3. The van der Waals surface area contributed by atoms with Crippen molar-refractivity contribution < 1.29 is 14.6 Å². The monoisotopic (exact) mass is 519 g/mol. The molecule has 3 heterocycles. The fourth-order valence-electron chi connectivity index (χ4n) is 4.97. The first-order valence-corrected chi connectivity index (χ1v) is 13.5. The number of amides is 1. The van der Waals surface area contributed by atoms with Crippen LogP contribution in [0.25, 0.3) is 11.7 Å². The van der Waals surface area contributed by atoms with Crippen molar-refractivity contribution in [1.82, 2.24) is 24.4 Å². The predicted octanol–water partition coefficient (Wildman–Crippen LogP) is 4.43. The predicted molar refractivity (Wildman–Crippen MR) is 150 cm³/mol. The smallest absolute Gasteiger partial charge is 0.410 e. The van der Waals surface area contributed by atoms with Gasteiger partial charge in [0.05, 0.1) is 18.3 Å². The molecule has 3 aromatic rings. The summed E-state index contributed by atoms with van der Waals surface area (Å²) in [5.41, 5.74) is 7.19. The Morgan fingerprint density at radius 2 is 1.92 bits per heavy atom. The summed E-state index contributed by atoms with van der Waals surface area (Å²) in [5, 5.41) is 14.7. The molecule has 1 aromatic carbocycles. The zero-order chi connectivity index (χ0) is 27.4. The first-order valence-electron chi connectivity index (χ1n) is 13.5. The first-order chi connectivity index (χ1) is 18.1. The molecular formula is C30H41N5O3. The Morgan fingerprint density at radius 3 is 2.58 bits per heavy atom. The minimum Gasteiger partial charge on any atom is -0.444 e. The van der Waals surface area contributed by atoms with Gasteiger partial charge in [0.15, 0.2) is 5.65 Å². The van der Waals surface area contributed by atoms with Crippen molar-refractivity contribution in [3.8, 4) is 0 Å². The van der Waals surface area contributed by atoms with Gasteiger partial charge in [-0.2, -0.15) is 5.10 Å². The van der Waals surface area contributed by atoms with Crippen LogP contribution in [0.5, 0.6) is 0 Å². The van der Waals surface area contributed by atoms with Crippen LogP contribution < -0.4 is 0 Å². The van der Waals surface area contributed by atoms with Crippen LogP contribution in [0.4, 0.5) is 4.79 Å². The number of hydrogen-bond donors (Lipinski definition) is 1. The number of hydrogen-bond acceptors (Lipinski definition) is 6. The van der Waals surface area contributed by atoms with Crippen LogP contribution >= 0.6 is 0 Å². The van der Waals surface area contributed by atoms with E-state index in [1.165, 1.54) is 11.1 Å². The van der Waals surface area contributed by atoms with Crippen molar-refractivity contribution in [2.75, 3.05) is 32.8 Å². The molecule has 1 unspecified atom stereocenters. The number of nitrogens with zero attached hydrogens (tertiary/aromatic N) is 5. The van der Waals surface area contributed by atoms with Crippen molar-refractivity contribution in [1.29, 1.82) is 0 Å². The van der Waals surface area contributed by atoms with Gasteiger partial charge in [-0.15, -0.1) is 0 Å². The molecule has 38 heavy (non-hydrogen) atoms. The third-order valence-corrected chi connectivity index (χ3v) is 6.85. The Hall–Kier alpha value is -3.23. The number of rotatable bonds is 7. The van der Waals surface area contributed by atoms with Crippen molar-refractivity contribution >= 4 is 17.8 Å². The van der Waals surface area contributed by atoms with Crippen molar-refractivity contribution in [3.63, 3.8) is 0 Å². The number of piperazine rings is 1. The maximum absolute atomic E-state index is 12.5. The van der Waals surface area contributed by atoms with Gasteiger partial charge >= 0.3 is 6.09 Å². The van der Waals surface area contributed by atoms with Crippen molar-refractivity contribution in [2.24, 2.45) is 0 Å². The largest absolute Gasteiger partial charge is 0.444 e. The van der Waals surface area contributed by atoms with Crippen LogP contribution in [0.3, 0.4) is 0 Å². The Labute approximate surface area is 225 Å². The van der Waals surface area contributed by atoms with Crippen LogP contribution in [0, 0.1) is 13.8 Å². The maximum atomic E-state index is 12.5. The number of carbonyl (C=O) groups excluding carboxylic acids is 1. The summed E-state index contributed by atoms with van der Waals surface area (Å²) in [6.07, 6.45) is 5.59. The molecular weight excluding hydrogens is 478 g/mol. The number of aryl methyl sites for hydroxylation is 3. The van der Waals surface area contributed by atoms with E-state index in [2.05, 4.69) is 61.2 Å². The fraction of sp³-hybridized carbons (Fsp3) is 0.500. The van der Waals surface area contributed by atoms with Crippen LogP contribution in [-0.2, 0) is 17.6 Å². The van der Waals surface area contributed by atoms with Gasteiger partial charge in [0.2, 0.25) is 0 Å². The van der Waals surface area contributed by atoms with Gasteiger partial charge in [-0.1, -0.05) is 43.3 Å². The molecule has 1 aliphatic rings. The lowest BCUT2D eigenvalue weighted by atomic mass is 10.0. The summed E-state index contributed by atoms with van der Waals surface area (Å²) in [6.45, 7) is 14.4. The Bertz CT molecular complexity index is 1290. The molecule has 4 rings (SSSR count). The minimum atomic E-state index is -0.549. The molecule has 8 heteroatoms. The highest BCUT2D eigenvalue weighted by Crippen LogP contribution is 2.22. The third-order valence-electron chi connectivity index (χ3n) is 6.85. The maximum Gasteiger partial charge on any atom is 0.410 e. The molecule has 8 nitrogen and oxygen atoms in total. The lowest BCUT2D eigenvalue weighted by Gasteiger charge is -2.40. The zero-order valence-corrected chi connectivity index (χ0v) is 23.6. The number of ether oxygens (including phenoxy) is 1. The molecule has 0 bridgehead atoms. The van der Waals surface area contributed by atoms with Crippen LogP contribution in [0.1, 0.15) is 61.5 Å². The highest BCUT2D eigenvalue weighted by atomic mass is 16.6. The lowest BCUT2D eigenvalue weighted by molar-refractivity contribution is -0.00994. The molecule has 0 spiro atoms. The van der Waals surface area contributed by atoms with E-state index in [1.807, 2.05) is 32.2 Å². The van der Waals surface area contributed by atoms with Crippen molar-refractivity contribution in [3.05, 3.63) is 70.2 Å². The van der Waals surface area contributed by atoms with E-state index in [0.717, 1.165) is 54.2 Å². The van der Waals surface area contributed by atoms with E-state index >= 15 is 0 Å². The van der Waals surface area contributed by atoms with Gasteiger partial charge in [-0.3, -0.25) is 4.90 Å². The second-order valence-corrected chi connectivity index (χ2v) is 11.1. The average molecular weight is 520 g/mol. The highest BCUT2D eigenvalue weighted by molar-refractivity contribution is 5.68. The van der Waals surface area contributed by atoms with Crippen LogP contribution in [0.15, 0.2) is 36.4 Å². The first kappa shape index (κ1) is 27.8. The SMILES string of the molecule is CCc1nn2c(C)cc(C)nc2c1Cc1ccc(/C=C/CN2CCN(C(=O)OC(C)(C)C)C(CO)C2)cc1. The second-order valence-electron chi connectivity index (χ2n) is 11.1. The van der Waals surface area contributed by atoms with E-state index in [9.17, 15) is 9.90 Å². The molecule has 1 fully saturated rings. The number of aliphatic hydroxyl groups is 1. The normalized spacial score (nSPS) is 17.0. The quantitative estimate of drug-likeness (QED) is 0.497. The van der Waals surface area contributed by atoms with E-state index in [0.29, 0.717) is 13.1 Å². The molecule has 1 aliphatic heterocycles. The summed E-state index contributed by atoms with van der Waals surface area (Å²) in [4.78, 5) is 21.2. The number of carbonyl (C=O) groups is 1. The summed E-state index contributed by atoms with van der Waals surface area (Å²) < 4.78 is 7.47. The zero-order valence-electron chi connectivity index (χ0n) is 23.6. The molecule has 0 aliphatic carbocycles. The second kappa shape index (κ2) is 11.7. The number of fused-ring (bicyclic) bond motifs is 1. The van der Waals surface area contributed by atoms with Gasteiger partial charge in [-0.25, -0.2) is 14.3 Å². The molecule has 204 valence electrons. The molecule has 2 aromatic heterocycles. The Morgan fingerprint density at radius 1 is 1.18 bits per heavy atom. The van der Waals surface area contributed by atoms with E-state index in [4.69, 9.17) is 14.8 Å². The average Bonchev–Trinajstić information content (AvgIpc) is 3.21. The van der Waals surface area contributed by atoms with Gasteiger partial charge in [0.1, 0.15) is 5.60 Å². The fourth-order valence-corrected chi connectivity index (χ4v) is 4.97. The van der Waals surface area contributed by atoms with Crippen molar-refractivity contribution in [2.45, 2.75) is 66.0 Å². The van der Waals surface area contributed by atoms with E-state index < -0.39 is 5.60 Å². The topological polar surface area (TPSA) is 83.2 Å². The molecule has 1 amide bonds. The summed E-state index contributed by atoms with van der Waals surface area (Å²) >= 11 is 0. The van der Waals surface area contributed by atoms with Gasteiger partial charge < -0.3 is 14.7 Å². The molecule has 1 atom stereocenters. The molecule has 1 N–H and O–H groups in total. The van der Waals surface area contributed by atoms with E-state index in [1.54, 1.807) is 4.90 Å². The summed E-state index contributed by atoms with van der Waals surface area (Å²) in [5.74, 6) is 0. The lowest BCUT2D eigenvalue weighted by Crippen LogP contribution is -2.57. The Balaban J connectivity index is 1.36.